The minimum absolute atomic E-state index is 0.118. The van der Waals surface area contributed by atoms with Crippen LogP contribution in [0.3, 0.4) is 0 Å². The molecule has 2 aromatic heterocycles. The number of aromatic nitrogens is 3. The van der Waals surface area contributed by atoms with Gasteiger partial charge in [0.1, 0.15) is 5.25 Å². The number of carbonyl (C=O) groups excluding carboxylic acids is 2. The molecule has 6 nitrogen and oxygen atoms in total. The molecule has 7 heteroatoms. The first-order valence-corrected chi connectivity index (χ1v) is 8.95. The fourth-order valence-electron chi connectivity index (χ4n) is 2.89. The van der Waals surface area contributed by atoms with E-state index in [0.717, 1.165) is 11.2 Å². The number of fused-ring (bicyclic) bond motifs is 1. The highest BCUT2D eigenvalue weighted by Crippen LogP contribution is 2.30. The van der Waals surface area contributed by atoms with Gasteiger partial charge in [0.25, 0.3) is 0 Å². The largest absolute Gasteiger partial charge is 0.281 e. The average Bonchev–Trinajstić information content (AvgIpc) is 3.16. The van der Waals surface area contributed by atoms with Gasteiger partial charge < -0.3 is 0 Å². The molecule has 1 aliphatic rings. The van der Waals surface area contributed by atoms with Crippen LogP contribution in [-0.2, 0) is 16.0 Å². The van der Waals surface area contributed by atoms with Crippen LogP contribution in [0.5, 0.6) is 0 Å². The summed E-state index contributed by atoms with van der Waals surface area (Å²) in [5, 5.41) is 8.41. The quantitative estimate of drug-likeness (QED) is 0.659. The molecule has 1 aromatic carbocycles. The molecule has 0 aliphatic carbocycles. The number of imide groups is 1. The van der Waals surface area contributed by atoms with Crippen LogP contribution in [0.25, 0.3) is 5.65 Å². The number of hydrogen-bond donors (Lipinski definition) is 0. The van der Waals surface area contributed by atoms with Crippen molar-refractivity contribution in [2.24, 2.45) is 0 Å². The zero-order valence-electron chi connectivity index (χ0n) is 13.4. The first-order chi connectivity index (χ1) is 12.2. The molecule has 1 fully saturated rings. The lowest BCUT2D eigenvalue weighted by Crippen LogP contribution is -2.33. The Morgan fingerprint density at radius 1 is 1.04 bits per heavy atom. The number of pyridine rings is 1. The smallest absolute Gasteiger partial charge is 0.243 e. The van der Waals surface area contributed by atoms with Crippen molar-refractivity contribution in [3.05, 3.63) is 60.3 Å². The van der Waals surface area contributed by atoms with Gasteiger partial charge in [0.15, 0.2) is 10.8 Å². The molecule has 25 heavy (non-hydrogen) atoms. The summed E-state index contributed by atoms with van der Waals surface area (Å²) in [5.74, 6) is -0.258. The Balaban J connectivity index is 1.45. The second kappa shape index (κ2) is 6.68. The number of hydrogen-bond acceptors (Lipinski definition) is 5. The van der Waals surface area contributed by atoms with Crippen LogP contribution in [0.1, 0.15) is 12.0 Å². The molecule has 1 saturated heterocycles. The molecule has 3 heterocycles. The Kier molecular flexibility index (Phi) is 4.23. The summed E-state index contributed by atoms with van der Waals surface area (Å²) in [6.07, 6.45) is 2.73. The van der Waals surface area contributed by atoms with Gasteiger partial charge in [-0.2, -0.15) is 0 Å². The second-order valence-electron chi connectivity index (χ2n) is 5.84. The van der Waals surface area contributed by atoms with E-state index in [2.05, 4.69) is 10.2 Å². The summed E-state index contributed by atoms with van der Waals surface area (Å²) in [6, 6.07) is 15.5. The van der Waals surface area contributed by atoms with E-state index in [-0.39, 0.29) is 18.2 Å². The van der Waals surface area contributed by atoms with E-state index < -0.39 is 5.25 Å². The Bertz CT molecular complexity index is 925. The van der Waals surface area contributed by atoms with E-state index >= 15 is 0 Å². The lowest BCUT2D eigenvalue weighted by Gasteiger charge is -2.14. The molecule has 2 amide bonds. The fourth-order valence-corrected chi connectivity index (χ4v) is 3.96. The van der Waals surface area contributed by atoms with Crippen molar-refractivity contribution in [1.29, 1.82) is 0 Å². The van der Waals surface area contributed by atoms with Gasteiger partial charge in [-0.1, -0.05) is 48.2 Å². The minimum Gasteiger partial charge on any atom is -0.281 e. The summed E-state index contributed by atoms with van der Waals surface area (Å²) in [4.78, 5) is 26.3. The van der Waals surface area contributed by atoms with Crippen LogP contribution in [0, 0.1) is 0 Å². The van der Waals surface area contributed by atoms with E-state index in [1.807, 2.05) is 59.1 Å². The minimum atomic E-state index is -0.434. The Morgan fingerprint density at radius 2 is 1.84 bits per heavy atom. The van der Waals surface area contributed by atoms with Crippen molar-refractivity contribution in [2.75, 3.05) is 6.54 Å². The Morgan fingerprint density at radius 3 is 2.68 bits per heavy atom. The maximum absolute atomic E-state index is 12.6. The van der Waals surface area contributed by atoms with Crippen LogP contribution in [0.4, 0.5) is 0 Å². The van der Waals surface area contributed by atoms with Crippen molar-refractivity contribution < 1.29 is 9.59 Å². The molecule has 0 radical (unpaired) electrons. The molecular weight excluding hydrogens is 336 g/mol. The average molecular weight is 352 g/mol. The van der Waals surface area contributed by atoms with Crippen LogP contribution >= 0.6 is 11.8 Å². The van der Waals surface area contributed by atoms with Crippen molar-refractivity contribution in [3.8, 4) is 0 Å². The third-order valence-corrected chi connectivity index (χ3v) is 5.34. The molecule has 0 bridgehead atoms. The van der Waals surface area contributed by atoms with Gasteiger partial charge in [-0.25, -0.2) is 0 Å². The molecule has 0 N–H and O–H groups in total. The maximum atomic E-state index is 12.6. The van der Waals surface area contributed by atoms with E-state index in [1.54, 1.807) is 0 Å². The molecule has 1 atom stereocenters. The van der Waals surface area contributed by atoms with Crippen molar-refractivity contribution in [2.45, 2.75) is 23.2 Å². The summed E-state index contributed by atoms with van der Waals surface area (Å²) in [5.41, 5.74) is 1.84. The Hall–Kier alpha value is -2.67. The number of thioether (sulfide) groups is 1. The predicted molar refractivity (Wildman–Crippen MR) is 94.1 cm³/mol. The lowest BCUT2D eigenvalue weighted by atomic mass is 10.1. The summed E-state index contributed by atoms with van der Waals surface area (Å²) in [6.45, 7) is 0.416. The monoisotopic (exact) mass is 352 g/mol. The molecule has 0 saturated carbocycles. The highest BCUT2D eigenvalue weighted by Gasteiger charge is 2.39. The summed E-state index contributed by atoms with van der Waals surface area (Å²) >= 11 is 1.30. The van der Waals surface area contributed by atoms with Gasteiger partial charge in [-0.15, -0.1) is 10.2 Å². The first-order valence-electron chi connectivity index (χ1n) is 8.07. The molecule has 3 aromatic rings. The number of rotatable bonds is 5. The zero-order valence-corrected chi connectivity index (χ0v) is 14.2. The number of benzene rings is 1. The van der Waals surface area contributed by atoms with Gasteiger partial charge in [0.05, 0.1) is 0 Å². The predicted octanol–water partition coefficient (Wildman–Crippen LogP) is 2.19. The summed E-state index contributed by atoms with van der Waals surface area (Å²) < 4.78 is 1.83. The van der Waals surface area contributed by atoms with Crippen LogP contribution in [0.2, 0.25) is 0 Å². The standard InChI is InChI=1S/C18H16N4O2S/c23-16-12-14(25-18-20-19-15-8-4-5-10-21(15)18)17(24)22(16)11-9-13-6-2-1-3-7-13/h1-8,10,14H,9,11-12H2. The third kappa shape index (κ3) is 3.15. The second-order valence-corrected chi connectivity index (χ2v) is 7.01. The first kappa shape index (κ1) is 15.8. The highest BCUT2D eigenvalue weighted by atomic mass is 32.2. The topological polar surface area (TPSA) is 67.6 Å². The van der Waals surface area contributed by atoms with E-state index in [4.69, 9.17) is 0 Å². The van der Waals surface area contributed by atoms with Gasteiger partial charge in [0, 0.05) is 19.2 Å². The van der Waals surface area contributed by atoms with Crippen LogP contribution in [-0.4, -0.2) is 43.1 Å². The number of amides is 2. The van der Waals surface area contributed by atoms with Crippen molar-refractivity contribution in [3.63, 3.8) is 0 Å². The Labute approximate surface area is 148 Å². The third-order valence-electron chi connectivity index (χ3n) is 4.20. The molecule has 0 spiro atoms. The highest BCUT2D eigenvalue weighted by molar-refractivity contribution is 8.00. The number of carbonyl (C=O) groups is 2. The van der Waals surface area contributed by atoms with Gasteiger partial charge in [0.2, 0.25) is 11.8 Å². The van der Waals surface area contributed by atoms with Gasteiger partial charge in [-0.05, 0) is 24.1 Å². The van der Waals surface area contributed by atoms with E-state index in [1.165, 1.54) is 16.7 Å². The lowest BCUT2D eigenvalue weighted by molar-refractivity contribution is -0.138. The summed E-state index contributed by atoms with van der Waals surface area (Å²) in [7, 11) is 0. The molecule has 4 rings (SSSR count). The van der Waals surface area contributed by atoms with E-state index in [0.29, 0.717) is 18.1 Å². The molecule has 1 unspecified atom stereocenters. The van der Waals surface area contributed by atoms with Crippen LogP contribution in [0.15, 0.2) is 59.9 Å². The van der Waals surface area contributed by atoms with E-state index in [9.17, 15) is 9.59 Å². The van der Waals surface area contributed by atoms with Gasteiger partial charge in [-0.3, -0.25) is 18.9 Å². The molecular formula is C18H16N4O2S. The normalized spacial score (nSPS) is 17.6. The zero-order chi connectivity index (χ0) is 17.2. The fraction of sp³-hybridized carbons (Fsp3) is 0.222. The van der Waals surface area contributed by atoms with Crippen molar-refractivity contribution >= 4 is 29.2 Å². The van der Waals surface area contributed by atoms with Gasteiger partial charge >= 0.3 is 0 Å². The number of likely N-dealkylation sites (tertiary alicyclic amines) is 1. The SMILES string of the molecule is O=C1CC(Sc2nnc3ccccn23)C(=O)N1CCc1ccccc1. The van der Waals surface area contributed by atoms with Crippen molar-refractivity contribution in [1.82, 2.24) is 19.5 Å². The maximum Gasteiger partial charge on any atom is 0.243 e. The van der Waals surface area contributed by atoms with Crippen LogP contribution < -0.4 is 0 Å². The molecule has 1 aliphatic heterocycles. The molecule has 126 valence electrons. The number of nitrogens with zero attached hydrogens (tertiary/aromatic N) is 4.